The van der Waals surface area contributed by atoms with E-state index in [2.05, 4.69) is 10.3 Å². The maximum Gasteiger partial charge on any atom is 0.228 e. The fourth-order valence-corrected chi connectivity index (χ4v) is 1.63. The Labute approximate surface area is 100 Å². The summed E-state index contributed by atoms with van der Waals surface area (Å²) in [5, 5.41) is 3.89. The maximum atomic E-state index is 11.6. The van der Waals surface area contributed by atoms with Crippen molar-refractivity contribution in [3.63, 3.8) is 0 Å². The number of nitrogens with zero attached hydrogens (tertiary/aromatic N) is 1. The van der Waals surface area contributed by atoms with Crippen LogP contribution in [-0.4, -0.2) is 10.9 Å². The summed E-state index contributed by atoms with van der Waals surface area (Å²) in [5.41, 5.74) is 1.58. The van der Waals surface area contributed by atoms with Gasteiger partial charge in [0, 0.05) is 18.0 Å². The largest absolute Gasteiger partial charge is 0.324 e. The molecule has 2 aromatic rings. The zero-order chi connectivity index (χ0) is 12.1. The number of carbonyl (C=O) groups is 1. The predicted octanol–water partition coefficient (Wildman–Crippen LogP) is 3.14. The van der Waals surface area contributed by atoms with Crippen molar-refractivity contribution in [1.29, 1.82) is 0 Å². The van der Waals surface area contributed by atoms with E-state index in [1.165, 1.54) is 0 Å². The molecule has 0 radical (unpaired) electrons. The summed E-state index contributed by atoms with van der Waals surface area (Å²) < 4.78 is 0. The zero-order valence-corrected chi connectivity index (χ0v) is 9.68. The van der Waals surface area contributed by atoms with Gasteiger partial charge in [0.05, 0.1) is 11.2 Å². The van der Waals surface area contributed by atoms with Crippen molar-refractivity contribution in [2.45, 2.75) is 13.3 Å². The summed E-state index contributed by atoms with van der Waals surface area (Å²) in [6.07, 6.45) is 5.80. The van der Waals surface area contributed by atoms with Gasteiger partial charge in [0.1, 0.15) is 0 Å². The normalized spacial score (nSPS) is 10.9. The fraction of sp³-hybridized carbons (Fsp3) is 0.143. The summed E-state index contributed by atoms with van der Waals surface area (Å²) in [5.74, 6) is -0.0266. The Kier molecular flexibility index (Phi) is 3.50. The molecule has 0 saturated carbocycles. The highest BCUT2D eigenvalue weighted by Crippen LogP contribution is 2.20. The highest BCUT2D eigenvalue weighted by molar-refractivity contribution is 6.00. The maximum absolute atomic E-state index is 11.6. The highest BCUT2D eigenvalue weighted by atomic mass is 16.1. The third-order valence-electron chi connectivity index (χ3n) is 2.45. The van der Waals surface area contributed by atoms with Gasteiger partial charge in [0.2, 0.25) is 5.91 Å². The van der Waals surface area contributed by atoms with Gasteiger partial charge in [-0.1, -0.05) is 30.4 Å². The van der Waals surface area contributed by atoms with Crippen molar-refractivity contribution in [3.05, 3.63) is 48.7 Å². The number of fused-ring (bicyclic) bond motifs is 1. The lowest BCUT2D eigenvalue weighted by molar-refractivity contribution is -0.115. The predicted molar refractivity (Wildman–Crippen MR) is 69.8 cm³/mol. The van der Waals surface area contributed by atoms with Crippen LogP contribution in [0.25, 0.3) is 10.9 Å². The second-order valence-electron chi connectivity index (χ2n) is 3.70. The Morgan fingerprint density at radius 3 is 3.00 bits per heavy atom. The summed E-state index contributed by atoms with van der Waals surface area (Å²) in [6, 6.07) is 9.61. The second kappa shape index (κ2) is 5.25. The van der Waals surface area contributed by atoms with Crippen LogP contribution in [0, 0.1) is 0 Å². The van der Waals surface area contributed by atoms with Crippen LogP contribution in [-0.2, 0) is 4.79 Å². The van der Waals surface area contributed by atoms with E-state index >= 15 is 0 Å². The first-order chi connectivity index (χ1) is 8.31. The number of benzene rings is 1. The highest BCUT2D eigenvalue weighted by Gasteiger charge is 2.04. The molecule has 1 N–H and O–H groups in total. The summed E-state index contributed by atoms with van der Waals surface area (Å²) in [4.78, 5) is 15.9. The Morgan fingerprint density at radius 1 is 1.35 bits per heavy atom. The van der Waals surface area contributed by atoms with Crippen LogP contribution in [0.4, 0.5) is 5.69 Å². The summed E-state index contributed by atoms with van der Waals surface area (Å²) in [7, 11) is 0. The number of hydrogen-bond acceptors (Lipinski definition) is 2. The molecule has 0 aliphatic carbocycles. The van der Waals surface area contributed by atoms with Crippen LogP contribution in [0.2, 0.25) is 0 Å². The average Bonchev–Trinajstić information content (AvgIpc) is 2.37. The smallest absolute Gasteiger partial charge is 0.228 e. The standard InChI is InChI=1S/C14H14N2O/c1-2-3-9-13(17)16-12-8-4-6-11-7-5-10-15-14(11)12/h2-8,10H,9H2,1H3,(H,16,17)/b3-2+. The molecular formula is C14H14N2O. The van der Waals surface area contributed by atoms with E-state index in [-0.39, 0.29) is 5.91 Å². The molecule has 1 amide bonds. The van der Waals surface area contributed by atoms with E-state index in [1.807, 2.05) is 49.4 Å². The molecule has 86 valence electrons. The van der Waals surface area contributed by atoms with Gasteiger partial charge in [-0.05, 0) is 19.1 Å². The van der Waals surface area contributed by atoms with Crippen molar-refractivity contribution < 1.29 is 4.79 Å². The fourth-order valence-electron chi connectivity index (χ4n) is 1.63. The molecule has 0 saturated heterocycles. The van der Waals surface area contributed by atoms with Gasteiger partial charge in [-0.3, -0.25) is 9.78 Å². The molecule has 1 heterocycles. The first-order valence-electron chi connectivity index (χ1n) is 5.56. The van der Waals surface area contributed by atoms with Crippen LogP contribution in [0.3, 0.4) is 0 Å². The van der Waals surface area contributed by atoms with E-state index in [4.69, 9.17) is 0 Å². The molecular weight excluding hydrogens is 212 g/mol. The third kappa shape index (κ3) is 2.69. The molecule has 2 rings (SSSR count). The Bertz CT molecular complexity index is 556. The topological polar surface area (TPSA) is 42.0 Å². The van der Waals surface area contributed by atoms with Crippen LogP contribution >= 0.6 is 0 Å². The van der Waals surface area contributed by atoms with Crippen LogP contribution < -0.4 is 5.32 Å². The number of carbonyl (C=O) groups excluding carboxylic acids is 1. The van der Waals surface area contributed by atoms with Crippen molar-refractivity contribution >= 4 is 22.5 Å². The number of nitrogens with one attached hydrogen (secondary N) is 1. The first-order valence-corrected chi connectivity index (χ1v) is 5.56. The van der Waals surface area contributed by atoms with Crippen LogP contribution in [0.1, 0.15) is 13.3 Å². The van der Waals surface area contributed by atoms with Gasteiger partial charge in [0.25, 0.3) is 0 Å². The Hall–Kier alpha value is -2.16. The molecule has 0 spiro atoms. The molecule has 3 nitrogen and oxygen atoms in total. The van der Waals surface area contributed by atoms with Crippen molar-refractivity contribution in [2.24, 2.45) is 0 Å². The van der Waals surface area contributed by atoms with Crippen molar-refractivity contribution in [3.8, 4) is 0 Å². The van der Waals surface area contributed by atoms with Gasteiger partial charge in [-0.2, -0.15) is 0 Å². The van der Waals surface area contributed by atoms with Gasteiger partial charge in [-0.15, -0.1) is 0 Å². The number of hydrogen-bond donors (Lipinski definition) is 1. The number of rotatable bonds is 3. The quantitative estimate of drug-likeness (QED) is 0.817. The molecule has 0 bridgehead atoms. The Balaban J connectivity index is 2.27. The average molecular weight is 226 g/mol. The number of pyridine rings is 1. The second-order valence-corrected chi connectivity index (χ2v) is 3.70. The van der Waals surface area contributed by atoms with Gasteiger partial charge in [0.15, 0.2) is 0 Å². The molecule has 1 aromatic carbocycles. The van der Waals surface area contributed by atoms with Crippen molar-refractivity contribution in [2.75, 3.05) is 5.32 Å². The molecule has 0 aliphatic rings. The minimum Gasteiger partial charge on any atom is -0.324 e. The van der Waals surface area contributed by atoms with E-state index in [9.17, 15) is 4.79 Å². The van der Waals surface area contributed by atoms with Crippen LogP contribution in [0.5, 0.6) is 0 Å². The third-order valence-corrected chi connectivity index (χ3v) is 2.45. The van der Waals surface area contributed by atoms with Gasteiger partial charge < -0.3 is 5.32 Å². The van der Waals surface area contributed by atoms with Gasteiger partial charge >= 0.3 is 0 Å². The Morgan fingerprint density at radius 2 is 2.18 bits per heavy atom. The molecule has 0 unspecified atom stereocenters. The van der Waals surface area contributed by atoms with Crippen molar-refractivity contribution in [1.82, 2.24) is 4.98 Å². The molecule has 0 fully saturated rings. The zero-order valence-electron chi connectivity index (χ0n) is 9.68. The molecule has 3 heteroatoms. The monoisotopic (exact) mass is 226 g/mol. The SMILES string of the molecule is C/C=C/CC(=O)Nc1cccc2cccnc12. The van der Waals surface area contributed by atoms with E-state index < -0.39 is 0 Å². The minimum atomic E-state index is -0.0266. The lowest BCUT2D eigenvalue weighted by atomic mass is 10.2. The summed E-state index contributed by atoms with van der Waals surface area (Å²) in [6.45, 7) is 1.90. The lowest BCUT2D eigenvalue weighted by Gasteiger charge is -2.06. The number of allylic oxidation sites excluding steroid dienone is 1. The summed E-state index contributed by atoms with van der Waals surface area (Å²) >= 11 is 0. The minimum absolute atomic E-state index is 0.0266. The van der Waals surface area contributed by atoms with E-state index in [1.54, 1.807) is 6.20 Å². The number of anilines is 1. The number of aromatic nitrogens is 1. The molecule has 0 atom stereocenters. The van der Waals surface area contributed by atoms with Gasteiger partial charge in [-0.25, -0.2) is 0 Å². The molecule has 0 aliphatic heterocycles. The lowest BCUT2D eigenvalue weighted by Crippen LogP contribution is -2.10. The first kappa shape index (κ1) is 11.3. The number of para-hydroxylation sites is 1. The van der Waals surface area contributed by atoms with Crippen LogP contribution in [0.15, 0.2) is 48.7 Å². The van der Waals surface area contributed by atoms with E-state index in [0.29, 0.717) is 6.42 Å². The molecule has 17 heavy (non-hydrogen) atoms. The van der Waals surface area contributed by atoms with E-state index in [0.717, 1.165) is 16.6 Å². The molecule has 1 aromatic heterocycles. The number of amides is 1.